The van der Waals surface area contributed by atoms with E-state index < -0.39 is 16.1 Å². The molecule has 9 nitrogen and oxygen atoms in total. The fourth-order valence-corrected chi connectivity index (χ4v) is 6.12. The summed E-state index contributed by atoms with van der Waals surface area (Å²) in [5, 5.41) is 11.4. The lowest BCUT2D eigenvalue weighted by atomic mass is 10.2. The van der Waals surface area contributed by atoms with Gasteiger partial charge in [0, 0.05) is 24.5 Å². The van der Waals surface area contributed by atoms with Crippen LogP contribution in [0.25, 0.3) is 0 Å². The fourth-order valence-electron chi connectivity index (χ4n) is 3.62. The standard InChI is InChI=1S/C22H26N6O3S2/c1-16(28-21(23)25-26-22(28)32-15-17-7-3-2-4-8-17)20(29)24-18-9-11-19(12-10-18)33(30,31)27-13-5-6-14-27/h2-4,7-12,16H,5-6,13-15H2,1H3,(H2,23,25)(H,24,29). The van der Waals surface area contributed by atoms with E-state index in [9.17, 15) is 13.2 Å². The predicted octanol–water partition coefficient (Wildman–Crippen LogP) is 3.14. The molecule has 1 unspecified atom stereocenters. The molecule has 3 aromatic rings. The van der Waals surface area contributed by atoms with E-state index in [1.54, 1.807) is 23.6 Å². The van der Waals surface area contributed by atoms with E-state index >= 15 is 0 Å². The summed E-state index contributed by atoms with van der Waals surface area (Å²) in [5.74, 6) is 0.513. The van der Waals surface area contributed by atoms with Crippen LogP contribution >= 0.6 is 11.8 Å². The Bertz CT molecular complexity index is 1210. The van der Waals surface area contributed by atoms with Crippen LogP contribution in [0.5, 0.6) is 0 Å². The molecule has 2 heterocycles. The zero-order valence-corrected chi connectivity index (χ0v) is 19.8. The summed E-state index contributed by atoms with van der Waals surface area (Å²) in [7, 11) is -3.50. The van der Waals surface area contributed by atoms with Gasteiger partial charge >= 0.3 is 0 Å². The quantitative estimate of drug-likeness (QED) is 0.469. The number of aromatic nitrogens is 3. The first-order chi connectivity index (χ1) is 15.9. The van der Waals surface area contributed by atoms with Gasteiger partial charge in [-0.3, -0.25) is 9.36 Å². The molecule has 1 atom stereocenters. The maximum Gasteiger partial charge on any atom is 0.247 e. The highest BCUT2D eigenvalue weighted by Gasteiger charge is 2.27. The molecule has 3 N–H and O–H groups in total. The molecule has 0 bridgehead atoms. The van der Waals surface area contributed by atoms with Gasteiger partial charge in [-0.1, -0.05) is 42.1 Å². The third-order valence-electron chi connectivity index (χ3n) is 5.49. The first kappa shape index (κ1) is 23.3. The Balaban J connectivity index is 1.43. The minimum Gasteiger partial charge on any atom is -0.368 e. The number of amides is 1. The monoisotopic (exact) mass is 486 g/mol. The van der Waals surface area contributed by atoms with Gasteiger partial charge in [-0.15, -0.1) is 10.2 Å². The van der Waals surface area contributed by atoms with E-state index in [1.165, 1.54) is 28.2 Å². The number of anilines is 2. The molecule has 4 rings (SSSR count). The van der Waals surface area contributed by atoms with Gasteiger partial charge in [0.15, 0.2) is 5.16 Å². The number of nitrogens with one attached hydrogen (secondary N) is 1. The lowest BCUT2D eigenvalue weighted by molar-refractivity contribution is -0.118. The second kappa shape index (κ2) is 9.94. The predicted molar refractivity (Wildman–Crippen MR) is 128 cm³/mol. The topological polar surface area (TPSA) is 123 Å². The van der Waals surface area contributed by atoms with Crippen molar-refractivity contribution < 1.29 is 13.2 Å². The van der Waals surface area contributed by atoms with Gasteiger partial charge in [0.05, 0.1) is 4.90 Å². The number of hydrogen-bond donors (Lipinski definition) is 2. The van der Waals surface area contributed by atoms with E-state index in [-0.39, 0.29) is 16.8 Å². The second-order valence-corrected chi connectivity index (χ2v) is 10.7. The molecule has 0 spiro atoms. The zero-order chi connectivity index (χ0) is 23.4. The first-order valence-electron chi connectivity index (χ1n) is 10.6. The molecule has 174 valence electrons. The molecule has 1 amide bonds. The van der Waals surface area contributed by atoms with Crippen LogP contribution in [0.4, 0.5) is 11.6 Å². The van der Waals surface area contributed by atoms with Crippen LogP contribution in [-0.4, -0.2) is 46.5 Å². The number of sulfonamides is 1. The normalized spacial score (nSPS) is 15.4. The van der Waals surface area contributed by atoms with Crippen LogP contribution in [0.3, 0.4) is 0 Å². The average Bonchev–Trinajstić information content (AvgIpc) is 3.49. The summed E-state index contributed by atoms with van der Waals surface area (Å²) >= 11 is 1.45. The molecule has 1 fully saturated rings. The van der Waals surface area contributed by atoms with Gasteiger partial charge in [0.2, 0.25) is 21.9 Å². The number of nitrogen functional groups attached to an aromatic ring is 1. The van der Waals surface area contributed by atoms with Crippen molar-refractivity contribution in [3.05, 3.63) is 60.2 Å². The molecule has 0 saturated carbocycles. The molecular formula is C22H26N6O3S2. The number of nitrogens with two attached hydrogens (primary N) is 1. The minimum absolute atomic E-state index is 0.153. The van der Waals surface area contributed by atoms with Gasteiger partial charge in [-0.05, 0) is 49.6 Å². The number of carbonyl (C=O) groups excluding carboxylic acids is 1. The highest BCUT2D eigenvalue weighted by molar-refractivity contribution is 7.98. The number of thioether (sulfide) groups is 1. The Labute approximate surface area is 197 Å². The molecule has 1 aromatic heterocycles. The van der Waals surface area contributed by atoms with E-state index in [2.05, 4.69) is 15.5 Å². The molecule has 0 aliphatic carbocycles. The van der Waals surface area contributed by atoms with Crippen molar-refractivity contribution >= 4 is 39.3 Å². The summed E-state index contributed by atoms with van der Waals surface area (Å²) in [6, 6.07) is 15.5. The van der Waals surface area contributed by atoms with Gasteiger partial charge in [0.25, 0.3) is 0 Å². The first-order valence-corrected chi connectivity index (χ1v) is 13.1. The van der Waals surface area contributed by atoms with Crippen LogP contribution < -0.4 is 11.1 Å². The van der Waals surface area contributed by atoms with E-state index in [0.717, 1.165) is 18.4 Å². The van der Waals surface area contributed by atoms with Crippen molar-refractivity contribution in [1.29, 1.82) is 0 Å². The molecule has 2 aromatic carbocycles. The number of rotatable bonds is 8. The molecular weight excluding hydrogens is 460 g/mol. The van der Waals surface area contributed by atoms with Crippen molar-refractivity contribution in [2.24, 2.45) is 0 Å². The Morgan fingerprint density at radius 2 is 1.76 bits per heavy atom. The third-order valence-corrected chi connectivity index (χ3v) is 8.42. The van der Waals surface area contributed by atoms with Crippen molar-refractivity contribution in [1.82, 2.24) is 19.1 Å². The van der Waals surface area contributed by atoms with Crippen LogP contribution in [0.15, 0.2) is 64.6 Å². The Morgan fingerprint density at radius 3 is 2.42 bits per heavy atom. The average molecular weight is 487 g/mol. The van der Waals surface area contributed by atoms with Crippen LogP contribution in [0.1, 0.15) is 31.4 Å². The van der Waals surface area contributed by atoms with Crippen molar-refractivity contribution in [2.45, 2.75) is 41.6 Å². The summed E-state index contributed by atoms with van der Waals surface area (Å²) in [5.41, 5.74) is 7.61. The van der Waals surface area contributed by atoms with Gasteiger partial charge in [0.1, 0.15) is 6.04 Å². The van der Waals surface area contributed by atoms with Gasteiger partial charge in [-0.2, -0.15) is 4.31 Å². The zero-order valence-electron chi connectivity index (χ0n) is 18.2. The maximum absolute atomic E-state index is 12.9. The second-order valence-electron chi connectivity index (χ2n) is 7.79. The van der Waals surface area contributed by atoms with Gasteiger partial charge < -0.3 is 11.1 Å². The van der Waals surface area contributed by atoms with Crippen molar-refractivity contribution in [3.8, 4) is 0 Å². The van der Waals surface area contributed by atoms with E-state index in [1.807, 2.05) is 30.3 Å². The van der Waals surface area contributed by atoms with E-state index in [4.69, 9.17) is 5.73 Å². The number of carbonyl (C=O) groups is 1. The Hall–Kier alpha value is -2.89. The lowest BCUT2D eigenvalue weighted by Gasteiger charge is -2.17. The number of hydrogen-bond acceptors (Lipinski definition) is 7. The highest BCUT2D eigenvalue weighted by Crippen LogP contribution is 2.27. The van der Waals surface area contributed by atoms with E-state index in [0.29, 0.717) is 29.7 Å². The molecule has 0 radical (unpaired) electrons. The molecule has 11 heteroatoms. The molecule has 1 saturated heterocycles. The Kier molecular flexibility index (Phi) is 7.01. The van der Waals surface area contributed by atoms with Gasteiger partial charge in [-0.25, -0.2) is 8.42 Å². The van der Waals surface area contributed by atoms with Crippen LogP contribution in [0, 0.1) is 0 Å². The summed E-state index contributed by atoms with van der Waals surface area (Å²) in [6.07, 6.45) is 1.76. The van der Waals surface area contributed by atoms with Crippen molar-refractivity contribution in [2.75, 3.05) is 24.1 Å². The smallest absolute Gasteiger partial charge is 0.247 e. The third kappa shape index (κ3) is 5.21. The fraction of sp³-hybridized carbons (Fsp3) is 0.318. The highest BCUT2D eigenvalue weighted by atomic mass is 32.2. The largest absolute Gasteiger partial charge is 0.368 e. The maximum atomic E-state index is 12.9. The summed E-state index contributed by atoms with van der Waals surface area (Å²) in [6.45, 7) is 2.81. The molecule has 1 aliphatic heterocycles. The number of benzene rings is 2. The van der Waals surface area contributed by atoms with Crippen LogP contribution in [0.2, 0.25) is 0 Å². The Morgan fingerprint density at radius 1 is 1.09 bits per heavy atom. The molecule has 33 heavy (non-hydrogen) atoms. The SMILES string of the molecule is CC(C(=O)Nc1ccc(S(=O)(=O)N2CCCC2)cc1)n1c(N)nnc1SCc1ccccc1. The number of nitrogens with zero attached hydrogens (tertiary/aromatic N) is 4. The lowest BCUT2D eigenvalue weighted by Crippen LogP contribution is -2.28. The molecule has 1 aliphatic rings. The van der Waals surface area contributed by atoms with Crippen molar-refractivity contribution in [3.63, 3.8) is 0 Å². The minimum atomic E-state index is -3.50. The van der Waals surface area contributed by atoms with Crippen LogP contribution in [-0.2, 0) is 20.6 Å². The summed E-state index contributed by atoms with van der Waals surface area (Å²) in [4.78, 5) is 13.1. The summed E-state index contributed by atoms with van der Waals surface area (Å²) < 4.78 is 28.4.